The van der Waals surface area contributed by atoms with E-state index in [0.29, 0.717) is 36.4 Å². The zero-order valence-electron chi connectivity index (χ0n) is 10.8. The molecule has 0 spiro atoms. The van der Waals surface area contributed by atoms with Gasteiger partial charge in [-0.15, -0.1) is 0 Å². The number of carbonyl (C=O) groups excluding carboxylic acids is 1. The van der Waals surface area contributed by atoms with Crippen molar-refractivity contribution in [2.75, 3.05) is 22.9 Å². The Bertz CT molecular complexity index is 514. The molecule has 0 saturated heterocycles. The Morgan fingerprint density at radius 1 is 1.30 bits per heavy atom. The van der Waals surface area contributed by atoms with E-state index in [2.05, 4.69) is 10.6 Å². The lowest BCUT2D eigenvalue weighted by atomic mass is 10.1. The van der Waals surface area contributed by atoms with Crippen LogP contribution in [0.3, 0.4) is 0 Å². The summed E-state index contributed by atoms with van der Waals surface area (Å²) < 4.78 is 35.9. The Balaban J connectivity index is 1.85. The maximum Gasteiger partial charge on any atom is 0.389 e. The molecule has 4 nitrogen and oxygen atoms in total. The van der Waals surface area contributed by atoms with Gasteiger partial charge in [-0.2, -0.15) is 13.2 Å². The van der Waals surface area contributed by atoms with Gasteiger partial charge in [0.2, 0.25) is 5.91 Å². The van der Waals surface area contributed by atoms with Crippen molar-refractivity contribution in [1.29, 1.82) is 0 Å². The fraction of sp³-hybridized carbons (Fsp3) is 0.462. The standard InChI is InChI=1S/C13H16F3N3O/c14-13(15,16)3-1-2-4-18-11-7-10-8(5-9(11)17)6-12(20)19-10/h5,7,18H,1-4,6,17H2,(H,19,20). The van der Waals surface area contributed by atoms with Gasteiger partial charge in [0.25, 0.3) is 0 Å². The second kappa shape index (κ2) is 5.60. The zero-order valence-corrected chi connectivity index (χ0v) is 10.8. The van der Waals surface area contributed by atoms with Crippen LogP contribution in [0.1, 0.15) is 24.8 Å². The van der Waals surface area contributed by atoms with E-state index in [-0.39, 0.29) is 12.3 Å². The molecular formula is C13H16F3N3O. The number of hydrogen-bond acceptors (Lipinski definition) is 3. The van der Waals surface area contributed by atoms with Gasteiger partial charge in [0, 0.05) is 18.7 Å². The molecule has 0 radical (unpaired) electrons. The van der Waals surface area contributed by atoms with Crippen molar-refractivity contribution < 1.29 is 18.0 Å². The number of benzene rings is 1. The topological polar surface area (TPSA) is 67.2 Å². The molecule has 0 aliphatic carbocycles. The van der Waals surface area contributed by atoms with E-state index in [1.165, 1.54) is 0 Å². The minimum absolute atomic E-state index is 0.0814. The number of halogens is 3. The summed E-state index contributed by atoms with van der Waals surface area (Å²) in [5, 5.41) is 5.70. The third-order valence-corrected chi connectivity index (χ3v) is 3.10. The molecule has 1 aliphatic heterocycles. The number of nitrogens with two attached hydrogens (primary N) is 1. The molecule has 1 heterocycles. The summed E-state index contributed by atoms with van der Waals surface area (Å²) in [4.78, 5) is 11.2. The Labute approximate surface area is 114 Å². The maximum absolute atomic E-state index is 12.0. The SMILES string of the molecule is Nc1cc2c(cc1NCCCCC(F)(F)F)NC(=O)C2. The van der Waals surface area contributed by atoms with Crippen LogP contribution in [0.15, 0.2) is 12.1 Å². The number of unbranched alkanes of at least 4 members (excludes halogenated alkanes) is 1. The molecule has 2 rings (SSSR count). The van der Waals surface area contributed by atoms with Crippen LogP contribution >= 0.6 is 0 Å². The van der Waals surface area contributed by atoms with Crippen molar-refractivity contribution in [3.05, 3.63) is 17.7 Å². The molecule has 7 heteroatoms. The van der Waals surface area contributed by atoms with E-state index < -0.39 is 12.6 Å². The zero-order chi connectivity index (χ0) is 14.8. The molecule has 4 N–H and O–H groups in total. The van der Waals surface area contributed by atoms with Crippen molar-refractivity contribution >= 4 is 23.0 Å². The third-order valence-electron chi connectivity index (χ3n) is 3.10. The number of carbonyl (C=O) groups is 1. The Morgan fingerprint density at radius 2 is 2.05 bits per heavy atom. The van der Waals surface area contributed by atoms with Crippen LogP contribution in [0.4, 0.5) is 30.2 Å². The Kier molecular flexibility index (Phi) is 4.06. The number of nitrogens with one attached hydrogen (secondary N) is 2. The van der Waals surface area contributed by atoms with Gasteiger partial charge >= 0.3 is 6.18 Å². The lowest BCUT2D eigenvalue weighted by Crippen LogP contribution is -2.09. The quantitative estimate of drug-likeness (QED) is 0.576. The number of anilines is 3. The summed E-state index contributed by atoms with van der Waals surface area (Å²) in [5.74, 6) is -0.0817. The highest BCUT2D eigenvalue weighted by Gasteiger charge is 2.25. The van der Waals surface area contributed by atoms with E-state index in [0.717, 1.165) is 5.56 Å². The van der Waals surface area contributed by atoms with Gasteiger partial charge in [-0.05, 0) is 30.5 Å². The fourth-order valence-corrected chi connectivity index (χ4v) is 2.12. The molecule has 0 saturated carbocycles. The summed E-state index contributed by atoms with van der Waals surface area (Å²) in [5.41, 5.74) is 8.53. The van der Waals surface area contributed by atoms with Gasteiger partial charge in [0.1, 0.15) is 0 Å². The van der Waals surface area contributed by atoms with Gasteiger partial charge in [-0.25, -0.2) is 0 Å². The highest BCUT2D eigenvalue weighted by Crippen LogP contribution is 2.31. The van der Waals surface area contributed by atoms with E-state index in [1.54, 1.807) is 12.1 Å². The van der Waals surface area contributed by atoms with Gasteiger partial charge < -0.3 is 16.4 Å². The normalized spacial score (nSPS) is 14.1. The molecule has 0 atom stereocenters. The summed E-state index contributed by atoms with van der Waals surface area (Å²) in [6.45, 7) is 0.410. The average Bonchev–Trinajstić information content (AvgIpc) is 2.66. The van der Waals surface area contributed by atoms with Crippen molar-refractivity contribution in [3.63, 3.8) is 0 Å². The molecule has 0 aromatic heterocycles. The molecule has 0 unspecified atom stereocenters. The fourth-order valence-electron chi connectivity index (χ4n) is 2.12. The molecule has 0 bridgehead atoms. The van der Waals surface area contributed by atoms with Crippen molar-refractivity contribution in [3.8, 4) is 0 Å². The largest absolute Gasteiger partial charge is 0.397 e. The Hall–Kier alpha value is -1.92. The van der Waals surface area contributed by atoms with Crippen molar-refractivity contribution in [1.82, 2.24) is 0 Å². The van der Waals surface area contributed by atoms with Gasteiger partial charge in [0.05, 0.1) is 17.8 Å². The molecule has 1 amide bonds. The molecule has 1 aliphatic rings. The van der Waals surface area contributed by atoms with Crippen molar-refractivity contribution in [2.24, 2.45) is 0 Å². The molecule has 1 aromatic carbocycles. The predicted octanol–water partition coefficient (Wildman–Crippen LogP) is 2.91. The molecule has 20 heavy (non-hydrogen) atoms. The highest BCUT2D eigenvalue weighted by atomic mass is 19.4. The molecule has 110 valence electrons. The molecule has 1 aromatic rings. The van der Waals surface area contributed by atoms with Crippen LogP contribution in [0, 0.1) is 0 Å². The van der Waals surface area contributed by atoms with Crippen LogP contribution in [-0.4, -0.2) is 18.6 Å². The van der Waals surface area contributed by atoms with Gasteiger partial charge in [-0.3, -0.25) is 4.79 Å². The number of hydrogen-bond donors (Lipinski definition) is 3. The second-order valence-electron chi connectivity index (χ2n) is 4.82. The van der Waals surface area contributed by atoms with Crippen LogP contribution in [0.2, 0.25) is 0 Å². The minimum atomic E-state index is -4.10. The molecule has 0 fully saturated rings. The summed E-state index contributed by atoms with van der Waals surface area (Å²) in [7, 11) is 0. The smallest absolute Gasteiger partial charge is 0.389 e. The van der Waals surface area contributed by atoms with E-state index in [1.807, 2.05) is 0 Å². The Morgan fingerprint density at radius 3 is 2.75 bits per heavy atom. The first-order valence-corrected chi connectivity index (χ1v) is 6.38. The van der Waals surface area contributed by atoms with Crippen LogP contribution in [0.25, 0.3) is 0 Å². The number of rotatable bonds is 5. The number of amides is 1. The number of nitrogen functional groups attached to an aromatic ring is 1. The first-order valence-electron chi connectivity index (χ1n) is 6.38. The average molecular weight is 287 g/mol. The predicted molar refractivity (Wildman–Crippen MR) is 71.6 cm³/mol. The summed E-state index contributed by atoms with van der Waals surface area (Å²) in [6.07, 6.45) is -4.08. The second-order valence-corrected chi connectivity index (χ2v) is 4.82. The van der Waals surface area contributed by atoms with Crippen LogP contribution < -0.4 is 16.4 Å². The third kappa shape index (κ3) is 3.79. The summed E-state index contributed by atoms with van der Waals surface area (Å²) >= 11 is 0. The monoisotopic (exact) mass is 287 g/mol. The van der Waals surface area contributed by atoms with Crippen LogP contribution in [-0.2, 0) is 11.2 Å². The first kappa shape index (κ1) is 14.5. The van der Waals surface area contributed by atoms with E-state index in [9.17, 15) is 18.0 Å². The maximum atomic E-state index is 12.0. The summed E-state index contributed by atoms with van der Waals surface area (Å²) in [6, 6.07) is 3.44. The molecular weight excluding hydrogens is 271 g/mol. The first-order chi connectivity index (χ1) is 9.35. The highest BCUT2D eigenvalue weighted by molar-refractivity contribution is 6.00. The van der Waals surface area contributed by atoms with Crippen LogP contribution in [0.5, 0.6) is 0 Å². The number of alkyl halides is 3. The van der Waals surface area contributed by atoms with E-state index >= 15 is 0 Å². The lowest BCUT2D eigenvalue weighted by molar-refractivity contribution is -0.135. The number of fused-ring (bicyclic) bond motifs is 1. The minimum Gasteiger partial charge on any atom is -0.397 e. The van der Waals surface area contributed by atoms with E-state index in [4.69, 9.17) is 5.73 Å². The lowest BCUT2D eigenvalue weighted by Gasteiger charge is -2.12. The van der Waals surface area contributed by atoms with Gasteiger partial charge in [-0.1, -0.05) is 0 Å². The van der Waals surface area contributed by atoms with Gasteiger partial charge in [0.15, 0.2) is 0 Å². The van der Waals surface area contributed by atoms with Crippen molar-refractivity contribution in [2.45, 2.75) is 31.9 Å².